The molecule has 55 heavy (non-hydrogen) atoms. The van der Waals surface area contributed by atoms with Crippen LogP contribution in [0.3, 0.4) is 0 Å². The van der Waals surface area contributed by atoms with Gasteiger partial charge in [-0.25, -0.2) is 0 Å². The van der Waals surface area contributed by atoms with Gasteiger partial charge >= 0.3 is 0 Å². The number of nitrogens with zero attached hydrogens (tertiary/aromatic N) is 5. The summed E-state index contributed by atoms with van der Waals surface area (Å²) in [7, 11) is 0. The lowest BCUT2D eigenvalue weighted by molar-refractivity contribution is 1.15. The second-order valence-electron chi connectivity index (χ2n) is 14.0. The zero-order valence-electron chi connectivity index (χ0n) is 29.5. The molecule has 3 aromatic heterocycles. The van der Waals surface area contributed by atoms with E-state index in [1.54, 1.807) is 0 Å². The van der Waals surface area contributed by atoms with E-state index >= 15 is 0 Å². The number of aromatic nitrogens is 3. The first-order chi connectivity index (χ1) is 27.2. The molecule has 0 amide bonds. The summed E-state index contributed by atoms with van der Waals surface area (Å²) in [5.41, 5.74) is 12.5. The molecule has 0 unspecified atom stereocenters. The quantitative estimate of drug-likeness (QED) is 0.184. The van der Waals surface area contributed by atoms with Crippen molar-refractivity contribution < 1.29 is 0 Å². The third-order valence-electron chi connectivity index (χ3n) is 11.1. The van der Waals surface area contributed by atoms with Gasteiger partial charge in [-0.15, -0.1) is 0 Å². The van der Waals surface area contributed by atoms with Gasteiger partial charge in [-0.1, -0.05) is 103 Å². The lowest BCUT2D eigenvalue weighted by atomic mass is 9.99. The SMILES string of the molecule is N#Cc1ccc(-n2c3ccccc3c3ccc(-n4c5ccccc5c5ccccc54)cc32)cc1-c1ccc(-n2c3ccccc3c3cccc(C#N)c32)cc1. The molecule has 11 rings (SSSR count). The second kappa shape index (κ2) is 11.8. The van der Waals surface area contributed by atoms with E-state index in [-0.39, 0.29) is 0 Å². The second-order valence-corrected chi connectivity index (χ2v) is 14.0. The van der Waals surface area contributed by atoms with Crippen molar-refractivity contribution in [3.63, 3.8) is 0 Å². The lowest BCUT2D eigenvalue weighted by Crippen LogP contribution is -1.98. The summed E-state index contributed by atoms with van der Waals surface area (Å²) in [6, 6.07) is 65.9. The summed E-state index contributed by atoms with van der Waals surface area (Å²) in [4.78, 5) is 0. The summed E-state index contributed by atoms with van der Waals surface area (Å²) in [6.07, 6.45) is 0. The summed E-state index contributed by atoms with van der Waals surface area (Å²) in [6.45, 7) is 0. The average molecular weight is 700 g/mol. The Morgan fingerprint density at radius 3 is 1.38 bits per heavy atom. The van der Waals surface area contributed by atoms with Gasteiger partial charge in [0.2, 0.25) is 0 Å². The minimum Gasteiger partial charge on any atom is -0.309 e. The standard InChI is InChI=1S/C50H29N5/c51-30-33-22-25-36(28-44(33)32-20-23-35(24-21-32)55-48-19-8-4-14-41(48)43-15-9-10-34(31-52)50(43)55)54-47-18-7-3-13-40(47)42-27-26-37(29-49(42)54)53-45-16-5-1-11-38(45)39-12-2-6-17-46(39)53/h1-29H. The van der Waals surface area contributed by atoms with Crippen LogP contribution in [0.15, 0.2) is 176 Å². The highest BCUT2D eigenvalue weighted by Gasteiger charge is 2.19. The first-order valence-corrected chi connectivity index (χ1v) is 18.3. The van der Waals surface area contributed by atoms with Gasteiger partial charge in [0.25, 0.3) is 0 Å². The number of para-hydroxylation sites is 5. The van der Waals surface area contributed by atoms with Crippen LogP contribution in [0.4, 0.5) is 0 Å². The van der Waals surface area contributed by atoms with Crippen molar-refractivity contribution in [3.8, 4) is 40.3 Å². The van der Waals surface area contributed by atoms with Gasteiger partial charge < -0.3 is 13.7 Å². The molecule has 11 aromatic rings. The van der Waals surface area contributed by atoms with Crippen molar-refractivity contribution in [1.29, 1.82) is 10.5 Å². The maximum absolute atomic E-state index is 10.4. The highest BCUT2D eigenvalue weighted by Crippen LogP contribution is 2.39. The first kappa shape index (κ1) is 30.7. The zero-order valence-corrected chi connectivity index (χ0v) is 29.5. The molecular formula is C50H29N5. The van der Waals surface area contributed by atoms with Gasteiger partial charge in [-0.05, 0) is 78.4 Å². The number of hydrogen-bond donors (Lipinski definition) is 0. The van der Waals surface area contributed by atoms with Crippen molar-refractivity contribution in [1.82, 2.24) is 13.7 Å². The van der Waals surface area contributed by atoms with Crippen molar-refractivity contribution >= 4 is 65.4 Å². The number of fused-ring (bicyclic) bond motifs is 9. The largest absolute Gasteiger partial charge is 0.309 e. The molecule has 8 aromatic carbocycles. The molecule has 5 nitrogen and oxygen atoms in total. The Morgan fingerprint density at radius 1 is 0.327 bits per heavy atom. The Hall–Kier alpha value is -7.86. The number of nitriles is 2. The molecule has 5 heteroatoms. The Bertz CT molecular complexity index is 3400. The molecule has 3 heterocycles. The molecule has 0 atom stereocenters. The van der Waals surface area contributed by atoms with E-state index in [4.69, 9.17) is 0 Å². The molecule has 0 aliphatic heterocycles. The summed E-state index contributed by atoms with van der Waals surface area (Å²) in [5, 5.41) is 27.4. The van der Waals surface area contributed by atoms with Gasteiger partial charge in [0, 0.05) is 54.9 Å². The van der Waals surface area contributed by atoms with Crippen LogP contribution in [0, 0.1) is 22.7 Å². The van der Waals surface area contributed by atoms with Crippen LogP contribution >= 0.6 is 0 Å². The van der Waals surface area contributed by atoms with Gasteiger partial charge in [0.1, 0.15) is 6.07 Å². The fourth-order valence-corrected chi connectivity index (χ4v) is 8.75. The summed E-state index contributed by atoms with van der Waals surface area (Å²) >= 11 is 0. The van der Waals surface area contributed by atoms with Crippen LogP contribution in [-0.4, -0.2) is 13.7 Å². The van der Waals surface area contributed by atoms with Crippen molar-refractivity contribution in [3.05, 3.63) is 187 Å². The normalized spacial score (nSPS) is 11.6. The van der Waals surface area contributed by atoms with E-state index in [1.165, 1.54) is 32.6 Å². The first-order valence-electron chi connectivity index (χ1n) is 18.3. The van der Waals surface area contributed by atoms with Crippen molar-refractivity contribution in [2.24, 2.45) is 0 Å². The number of benzene rings is 8. The maximum Gasteiger partial charge on any atom is 0.101 e. The lowest BCUT2D eigenvalue weighted by Gasteiger charge is -2.14. The molecule has 0 saturated heterocycles. The van der Waals surface area contributed by atoms with E-state index in [0.29, 0.717) is 11.1 Å². The topological polar surface area (TPSA) is 62.4 Å². The third kappa shape index (κ3) is 4.45. The Kier molecular flexibility index (Phi) is 6.61. The molecule has 0 bridgehead atoms. The predicted molar refractivity (Wildman–Crippen MR) is 224 cm³/mol. The smallest absolute Gasteiger partial charge is 0.101 e. The van der Waals surface area contributed by atoms with Gasteiger partial charge in [0.15, 0.2) is 0 Å². The fourth-order valence-electron chi connectivity index (χ4n) is 8.75. The molecule has 0 N–H and O–H groups in total. The number of rotatable bonds is 4. The Morgan fingerprint density at radius 2 is 0.782 bits per heavy atom. The molecule has 0 radical (unpaired) electrons. The van der Waals surface area contributed by atoms with Crippen molar-refractivity contribution in [2.45, 2.75) is 0 Å². The third-order valence-corrected chi connectivity index (χ3v) is 11.1. The highest BCUT2D eigenvalue weighted by molar-refractivity contribution is 6.13. The minimum absolute atomic E-state index is 0.604. The van der Waals surface area contributed by atoms with Crippen LogP contribution < -0.4 is 0 Å². The van der Waals surface area contributed by atoms with Crippen LogP contribution in [-0.2, 0) is 0 Å². The summed E-state index contributed by atoms with van der Waals surface area (Å²) in [5.74, 6) is 0. The number of hydrogen-bond acceptors (Lipinski definition) is 2. The van der Waals surface area contributed by atoms with Gasteiger partial charge in [-0.2, -0.15) is 10.5 Å². The molecule has 0 fully saturated rings. The van der Waals surface area contributed by atoms with E-state index in [0.717, 1.165) is 61.0 Å². The monoisotopic (exact) mass is 699 g/mol. The molecule has 0 saturated carbocycles. The van der Waals surface area contributed by atoms with E-state index in [2.05, 4.69) is 171 Å². The van der Waals surface area contributed by atoms with Crippen LogP contribution in [0.25, 0.3) is 93.6 Å². The van der Waals surface area contributed by atoms with Gasteiger partial charge in [-0.3, -0.25) is 0 Å². The van der Waals surface area contributed by atoms with Crippen molar-refractivity contribution in [2.75, 3.05) is 0 Å². The van der Waals surface area contributed by atoms with E-state index in [1.807, 2.05) is 30.3 Å². The van der Waals surface area contributed by atoms with Crippen LogP contribution in [0.1, 0.15) is 11.1 Å². The van der Waals surface area contributed by atoms with Crippen LogP contribution in [0.5, 0.6) is 0 Å². The zero-order chi connectivity index (χ0) is 36.6. The fraction of sp³-hybridized carbons (Fsp3) is 0. The maximum atomic E-state index is 10.4. The molecular weight excluding hydrogens is 671 g/mol. The van der Waals surface area contributed by atoms with E-state index < -0.39 is 0 Å². The summed E-state index contributed by atoms with van der Waals surface area (Å²) < 4.78 is 6.85. The predicted octanol–water partition coefficient (Wildman–Crippen LogP) is 12.4. The van der Waals surface area contributed by atoms with E-state index in [9.17, 15) is 10.5 Å². The Balaban J connectivity index is 1.09. The average Bonchev–Trinajstić information content (AvgIpc) is 3.89. The molecule has 0 aliphatic rings. The molecule has 254 valence electrons. The van der Waals surface area contributed by atoms with Crippen LogP contribution in [0.2, 0.25) is 0 Å². The minimum atomic E-state index is 0.604. The van der Waals surface area contributed by atoms with Gasteiger partial charge in [0.05, 0.1) is 50.3 Å². The highest BCUT2D eigenvalue weighted by atomic mass is 15.0. The molecule has 0 spiro atoms. The molecule has 0 aliphatic carbocycles. The Labute approximate surface area is 316 Å².